The molecule has 2 N–H and O–H groups in total. The summed E-state index contributed by atoms with van der Waals surface area (Å²) in [5.41, 5.74) is 4.98. The van der Waals surface area contributed by atoms with E-state index in [4.69, 9.17) is 0 Å². The van der Waals surface area contributed by atoms with E-state index < -0.39 is 5.97 Å². The lowest BCUT2D eigenvalue weighted by molar-refractivity contribution is 0.0698. The zero-order valence-electron chi connectivity index (χ0n) is 13.5. The molecular formula is C20H15N3O2. The van der Waals surface area contributed by atoms with Gasteiger partial charge in [-0.05, 0) is 36.2 Å². The number of carboxylic acids is 1. The van der Waals surface area contributed by atoms with Crippen molar-refractivity contribution in [2.24, 2.45) is 0 Å². The fourth-order valence-electron chi connectivity index (χ4n) is 2.88. The lowest BCUT2D eigenvalue weighted by atomic mass is 10.1. The number of aromatic nitrogens is 3. The number of nitrogens with zero attached hydrogens (tertiary/aromatic N) is 2. The molecule has 0 radical (unpaired) electrons. The van der Waals surface area contributed by atoms with Crippen LogP contribution >= 0.6 is 0 Å². The van der Waals surface area contributed by atoms with Crippen LogP contribution in [-0.4, -0.2) is 26.0 Å². The summed E-state index contributed by atoms with van der Waals surface area (Å²) < 4.78 is 0. The summed E-state index contributed by atoms with van der Waals surface area (Å²) in [5.74, 6) is -0.429. The molecule has 5 heteroatoms. The molecule has 0 spiro atoms. The second-order valence-corrected chi connectivity index (χ2v) is 5.90. The first-order chi connectivity index (χ1) is 12.1. The predicted molar refractivity (Wildman–Crippen MR) is 96.5 cm³/mol. The maximum atomic E-state index is 11.4. The van der Waals surface area contributed by atoms with Crippen LogP contribution in [0.4, 0.5) is 0 Å². The van der Waals surface area contributed by atoms with E-state index >= 15 is 0 Å². The second-order valence-electron chi connectivity index (χ2n) is 5.90. The van der Waals surface area contributed by atoms with E-state index in [1.165, 1.54) is 0 Å². The third-order valence-electron chi connectivity index (χ3n) is 4.07. The Morgan fingerprint density at radius 3 is 2.52 bits per heavy atom. The van der Waals surface area contributed by atoms with E-state index in [1.807, 2.05) is 55.5 Å². The van der Waals surface area contributed by atoms with Gasteiger partial charge in [0.05, 0.1) is 11.1 Å². The number of rotatable bonds is 3. The zero-order chi connectivity index (χ0) is 17.4. The van der Waals surface area contributed by atoms with Gasteiger partial charge < -0.3 is 10.1 Å². The molecule has 0 aliphatic carbocycles. The van der Waals surface area contributed by atoms with Crippen LogP contribution in [0.25, 0.3) is 33.7 Å². The van der Waals surface area contributed by atoms with Crippen molar-refractivity contribution >= 4 is 17.0 Å². The highest BCUT2D eigenvalue weighted by Gasteiger charge is 2.15. The fourth-order valence-corrected chi connectivity index (χ4v) is 2.88. The molecule has 0 aliphatic heterocycles. The monoisotopic (exact) mass is 329 g/mol. The lowest BCUT2D eigenvalue weighted by Gasteiger charge is -2.01. The fraction of sp³-hybridized carbons (Fsp3) is 0.0500. The first-order valence-corrected chi connectivity index (χ1v) is 7.87. The quantitative estimate of drug-likeness (QED) is 0.587. The first-order valence-electron chi connectivity index (χ1n) is 7.87. The highest BCUT2D eigenvalue weighted by Crippen LogP contribution is 2.25. The third kappa shape index (κ3) is 2.76. The van der Waals surface area contributed by atoms with Gasteiger partial charge in [-0.15, -0.1) is 0 Å². The summed E-state index contributed by atoms with van der Waals surface area (Å²) in [6, 6.07) is 17.4. The number of fused-ring (bicyclic) bond motifs is 1. The largest absolute Gasteiger partial charge is 0.478 e. The van der Waals surface area contributed by atoms with E-state index in [2.05, 4.69) is 15.0 Å². The molecule has 5 nitrogen and oxygen atoms in total. The number of benzene rings is 2. The predicted octanol–water partition coefficient (Wildman–Crippen LogP) is 4.30. The topological polar surface area (TPSA) is 78.9 Å². The smallest absolute Gasteiger partial charge is 0.337 e. The van der Waals surface area contributed by atoms with Crippen molar-refractivity contribution in [2.45, 2.75) is 6.92 Å². The summed E-state index contributed by atoms with van der Waals surface area (Å²) >= 11 is 0. The van der Waals surface area contributed by atoms with Gasteiger partial charge in [0.2, 0.25) is 0 Å². The number of H-pyrrole nitrogens is 1. The van der Waals surface area contributed by atoms with E-state index in [1.54, 1.807) is 12.3 Å². The number of carbonyl (C=O) groups is 1. The highest BCUT2D eigenvalue weighted by molar-refractivity contribution is 6.02. The van der Waals surface area contributed by atoms with Gasteiger partial charge in [-0.25, -0.2) is 9.78 Å². The van der Waals surface area contributed by atoms with Crippen LogP contribution < -0.4 is 0 Å². The van der Waals surface area contributed by atoms with Crippen LogP contribution in [0.3, 0.4) is 0 Å². The number of pyridine rings is 1. The number of aromatic carboxylic acids is 1. The minimum absolute atomic E-state index is 0.193. The molecule has 2 heterocycles. The first kappa shape index (κ1) is 15.1. The Morgan fingerprint density at radius 2 is 1.84 bits per heavy atom. The average Bonchev–Trinajstić information content (AvgIpc) is 3.05. The van der Waals surface area contributed by atoms with Gasteiger partial charge >= 0.3 is 5.97 Å². The Balaban J connectivity index is 1.77. The maximum Gasteiger partial charge on any atom is 0.337 e. The van der Waals surface area contributed by atoms with Crippen molar-refractivity contribution in [3.8, 4) is 22.6 Å². The number of carboxylic acid groups (broad SMARTS) is 1. The number of aromatic amines is 1. The summed E-state index contributed by atoms with van der Waals surface area (Å²) in [7, 11) is 0. The molecule has 2 aromatic carbocycles. The standard InChI is InChI=1S/C20H15N3O2/c1-12-9-15(20(24)25)18-17(10-12)22-19(23-18)16-8-7-14(11-21-16)13-5-3-2-4-6-13/h2-11H,1H3,(H,22,23)(H,24,25). The molecule has 0 fully saturated rings. The van der Waals surface area contributed by atoms with E-state index in [-0.39, 0.29) is 5.56 Å². The van der Waals surface area contributed by atoms with Crippen LogP contribution in [0, 0.1) is 6.92 Å². The summed E-state index contributed by atoms with van der Waals surface area (Å²) in [6.07, 6.45) is 1.79. The normalized spacial score (nSPS) is 10.9. The molecule has 2 aromatic heterocycles. The molecule has 25 heavy (non-hydrogen) atoms. The molecule has 0 saturated carbocycles. The summed E-state index contributed by atoms with van der Waals surface area (Å²) in [6.45, 7) is 1.86. The van der Waals surface area contributed by atoms with Crippen molar-refractivity contribution in [1.29, 1.82) is 0 Å². The maximum absolute atomic E-state index is 11.4. The molecule has 0 amide bonds. The van der Waals surface area contributed by atoms with Crippen molar-refractivity contribution < 1.29 is 9.90 Å². The van der Waals surface area contributed by atoms with Gasteiger partial charge in [-0.2, -0.15) is 0 Å². The van der Waals surface area contributed by atoms with E-state index in [0.29, 0.717) is 22.6 Å². The number of hydrogen-bond acceptors (Lipinski definition) is 3. The van der Waals surface area contributed by atoms with Gasteiger partial charge in [-0.3, -0.25) is 4.98 Å². The molecule has 4 rings (SSSR count). The number of aryl methyl sites for hydroxylation is 1. The van der Waals surface area contributed by atoms with Crippen molar-refractivity contribution in [3.63, 3.8) is 0 Å². The molecule has 0 bridgehead atoms. The Hall–Kier alpha value is -3.47. The minimum Gasteiger partial charge on any atom is -0.478 e. The van der Waals surface area contributed by atoms with Crippen LogP contribution in [0.15, 0.2) is 60.8 Å². The highest BCUT2D eigenvalue weighted by atomic mass is 16.4. The van der Waals surface area contributed by atoms with Crippen LogP contribution in [0.1, 0.15) is 15.9 Å². The average molecular weight is 329 g/mol. The third-order valence-corrected chi connectivity index (χ3v) is 4.07. The van der Waals surface area contributed by atoms with E-state index in [9.17, 15) is 9.90 Å². The Bertz CT molecular complexity index is 1070. The Morgan fingerprint density at radius 1 is 1.04 bits per heavy atom. The van der Waals surface area contributed by atoms with Crippen molar-refractivity contribution in [1.82, 2.24) is 15.0 Å². The lowest BCUT2D eigenvalue weighted by Crippen LogP contribution is -1.98. The SMILES string of the molecule is Cc1cc(C(=O)O)c2nc(-c3ccc(-c4ccccc4)cn3)[nH]c2c1. The van der Waals surface area contributed by atoms with Crippen molar-refractivity contribution in [3.05, 3.63) is 71.9 Å². The molecule has 0 aliphatic rings. The van der Waals surface area contributed by atoms with Gasteiger partial charge in [0.25, 0.3) is 0 Å². The Kier molecular flexibility index (Phi) is 3.54. The van der Waals surface area contributed by atoms with Crippen LogP contribution in [-0.2, 0) is 0 Å². The van der Waals surface area contributed by atoms with Gasteiger partial charge in [0.1, 0.15) is 11.2 Å². The minimum atomic E-state index is -0.987. The Labute approximate surface area is 144 Å². The van der Waals surface area contributed by atoms with Gasteiger partial charge in [0, 0.05) is 11.8 Å². The molecular weight excluding hydrogens is 314 g/mol. The summed E-state index contributed by atoms with van der Waals surface area (Å²) in [4.78, 5) is 23.5. The molecule has 0 saturated heterocycles. The number of nitrogens with one attached hydrogen (secondary N) is 1. The second kappa shape index (κ2) is 5.87. The van der Waals surface area contributed by atoms with Crippen LogP contribution in [0.5, 0.6) is 0 Å². The van der Waals surface area contributed by atoms with Gasteiger partial charge in [0.15, 0.2) is 5.82 Å². The molecule has 4 aromatic rings. The number of hydrogen-bond donors (Lipinski definition) is 2. The van der Waals surface area contributed by atoms with E-state index in [0.717, 1.165) is 16.7 Å². The molecule has 0 atom stereocenters. The molecule has 0 unspecified atom stereocenters. The summed E-state index contributed by atoms with van der Waals surface area (Å²) in [5, 5.41) is 9.38. The van der Waals surface area contributed by atoms with Crippen molar-refractivity contribution in [2.75, 3.05) is 0 Å². The van der Waals surface area contributed by atoms with Crippen LogP contribution in [0.2, 0.25) is 0 Å². The zero-order valence-corrected chi connectivity index (χ0v) is 13.5. The van der Waals surface area contributed by atoms with Gasteiger partial charge in [-0.1, -0.05) is 36.4 Å². The number of imidazole rings is 1. The molecule has 122 valence electrons.